The maximum absolute atomic E-state index is 13.1. The Balaban J connectivity index is 2.06. The smallest absolute Gasteiger partial charge is 0.344 e. The Bertz CT molecular complexity index is 1160. The third-order valence-electron chi connectivity index (χ3n) is 3.77. The van der Waals surface area contributed by atoms with Crippen LogP contribution in [0.4, 0.5) is 5.69 Å². The van der Waals surface area contributed by atoms with Crippen molar-refractivity contribution in [3.05, 3.63) is 93.5 Å². The maximum Gasteiger partial charge on any atom is 0.344 e. The normalized spacial score (nSPS) is 11.0. The number of para-hydroxylation sites is 1. The quantitative estimate of drug-likeness (QED) is 0.265. The van der Waals surface area contributed by atoms with Crippen LogP contribution in [0.2, 0.25) is 5.02 Å². The zero-order chi connectivity index (χ0) is 20.3. The zero-order valence-electron chi connectivity index (χ0n) is 14.1. The lowest BCUT2D eigenvalue weighted by Gasteiger charge is -2.10. The second kappa shape index (κ2) is 7.79. The van der Waals surface area contributed by atoms with Crippen LogP contribution in [0, 0.1) is 10.1 Å². The number of nitrogens with zero attached hydrogens (tertiary/aromatic N) is 1. The minimum absolute atomic E-state index is 0.173. The van der Waals surface area contributed by atoms with Crippen LogP contribution in [-0.2, 0) is 9.84 Å². The van der Waals surface area contributed by atoms with Gasteiger partial charge in [0.15, 0.2) is 0 Å². The van der Waals surface area contributed by atoms with Gasteiger partial charge in [-0.2, -0.15) is 0 Å². The Kier molecular flexibility index (Phi) is 5.43. The van der Waals surface area contributed by atoms with Gasteiger partial charge in [0, 0.05) is 11.1 Å². The predicted molar refractivity (Wildman–Crippen MR) is 101 cm³/mol. The van der Waals surface area contributed by atoms with Crippen LogP contribution in [0.15, 0.2) is 82.6 Å². The van der Waals surface area contributed by atoms with E-state index >= 15 is 0 Å². The van der Waals surface area contributed by atoms with Crippen molar-refractivity contribution in [3.63, 3.8) is 0 Å². The summed E-state index contributed by atoms with van der Waals surface area (Å²) in [4.78, 5) is 22.1. The second-order valence-corrected chi connectivity index (χ2v) is 7.89. The molecule has 0 unspecified atom stereocenters. The molecule has 0 fully saturated rings. The van der Waals surface area contributed by atoms with Gasteiger partial charge in [0.2, 0.25) is 9.84 Å². The van der Waals surface area contributed by atoms with Gasteiger partial charge in [-0.1, -0.05) is 35.9 Å². The number of hydrogen-bond acceptors (Lipinski definition) is 6. The van der Waals surface area contributed by atoms with Crippen molar-refractivity contribution >= 4 is 33.1 Å². The standard InChI is InChI=1S/C19H12ClNO6S/c20-13-9-11-14(12-10-13)27-19(22)15-5-1-3-7-17(15)28(25,26)18-8-4-2-6-16(18)21(23)24/h1-12H. The number of rotatable bonds is 5. The number of halogens is 1. The molecule has 0 heterocycles. The third-order valence-corrected chi connectivity index (χ3v) is 5.88. The predicted octanol–water partition coefficient (Wildman–Crippen LogP) is 4.30. The molecule has 0 bridgehead atoms. The minimum Gasteiger partial charge on any atom is -0.423 e. The molecule has 0 N–H and O–H groups in total. The lowest BCUT2D eigenvalue weighted by Crippen LogP contribution is -2.15. The fourth-order valence-corrected chi connectivity index (χ4v) is 4.23. The van der Waals surface area contributed by atoms with Crippen molar-refractivity contribution in [2.24, 2.45) is 0 Å². The molecule has 0 spiro atoms. The van der Waals surface area contributed by atoms with Gasteiger partial charge in [-0.3, -0.25) is 10.1 Å². The molecule has 0 amide bonds. The second-order valence-electron chi connectivity index (χ2n) is 5.57. The van der Waals surface area contributed by atoms with E-state index in [1.54, 1.807) is 0 Å². The highest BCUT2D eigenvalue weighted by Crippen LogP contribution is 2.31. The molecule has 0 radical (unpaired) electrons. The molecule has 0 atom stereocenters. The van der Waals surface area contributed by atoms with E-state index in [9.17, 15) is 23.3 Å². The van der Waals surface area contributed by atoms with E-state index in [1.807, 2.05) is 0 Å². The molecular formula is C19H12ClNO6S. The maximum atomic E-state index is 13.1. The van der Waals surface area contributed by atoms with Crippen LogP contribution < -0.4 is 4.74 Å². The third kappa shape index (κ3) is 3.88. The number of benzene rings is 3. The van der Waals surface area contributed by atoms with Gasteiger partial charge in [-0.25, -0.2) is 13.2 Å². The Morgan fingerprint density at radius 2 is 1.46 bits per heavy atom. The first-order valence-corrected chi connectivity index (χ1v) is 9.72. The summed E-state index contributed by atoms with van der Waals surface area (Å²) >= 11 is 5.78. The number of carbonyl (C=O) groups is 1. The highest BCUT2D eigenvalue weighted by Gasteiger charge is 2.31. The van der Waals surface area contributed by atoms with Crippen molar-refractivity contribution in [1.82, 2.24) is 0 Å². The SMILES string of the molecule is O=C(Oc1ccc(Cl)cc1)c1ccccc1S(=O)(=O)c1ccccc1[N+](=O)[O-]. The molecule has 0 saturated carbocycles. The van der Waals surface area contributed by atoms with Gasteiger partial charge in [-0.05, 0) is 42.5 Å². The first kappa shape index (κ1) is 19.5. The molecule has 3 aromatic rings. The summed E-state index contributed by atoms with van der Waals surface area (Å²) in [5, 5.41) is 11.7. The van der Waals surface area contributed by atoms with Crippen LogP contribution in [-0.4, -0.2) is 19.3 Å². The van der Waals surface area contributed by atoms with Gasteiger partial charge in [0.05, 0.1) is 15.4 Å². The first-order chi connectivity index (χ1) is 13.3. The Labute approximate surface area is 165 Å². The number of nitro benzene ring substituents is 1. The van der Waals surface area contributed by atoms with Gasteiger partial charge in [0.25, 0.3) is 5.69 Å². The Morgan fingerprint density at radius 3 is 2.11 bits per heavy atom. The number of esters is 1. The largest absolute Gasteiger partial charge is 0.423 e. The number of ether oxygens (including phenoxy) is 1. The highest BCUT2D eigenvalue weighted by molar-refractivity contribution is 7.91. The van der Waals surface area contributed by atoms with E-state index in [4.69, 9.17) is 16.3 Å². The number of hydrogen-bond donors (Lipinski definition) is 0. The Morgan fingerprint density at radius 1 is 0.893 bits per heavy atom. The zero-order valence-corrected chi connectivity index (χ0v) is 15.7. The van der Waals surface area contributed by atoms with E-state index in [1.165, 1.54) is 60.7 Å². The van der Waals surface area contributed by atoms with Crippen LogP contribution >= 0.6 is 11.6 Å². The lowest BCUT2D eigenvalue weighted by molar-refractivity contribution is -0.387. The molecular weight excluding hydrogens is 406 g/mol. The van der Waals surface area contributed by atoms with Crippen molar-refractivity contribution in [3.8, 4) is 5.75 Å². The summed E-state index contributed by atoms with van der Waals surface area (Å²) < 4.78 is 31.3. The Hall–Kier alpha value is -3.23. The summed E-state index contributed by atoms with van der Waals surface area (Å²) in [6.45, 7) is 0. The number of sulfone groups is 1. The topological polar surface area (TPSA) is 104 Å². The fourth-order valence-electron chi connectivity index (χ4n) is 2.49. The van der Waals surface area contributed by atoms with E-state index in [2.05, 4.69) is 0 Å². The monoisotopic (exact) mass is 417 g/mol. The number of nitro groups is 1. The van der Waals surface area contributed by atoms with Gasteiger partial charge >= 0.3 is 5.97 Å². The summed E-state index contributed by atoms with van der Waals surface area (Å²) in [6.07, 6.45) is 0. The minimum atomic E-state index is -4.35. The summed E-state index contributed by atoms with van der Waals surface area (Å²) in [5.74, 6) is -0.743. The van der Waals surface area contributed by atoms with Crippen molar-refractivity contribution < 1.29 is 22.9 Å². The van der Waals surface area contributed by atoms with Crippen molar-refractivity contribution in [1.29, 1.82) is 0 Å². The molecule has 0 aliphatic heterocycles. The summed E-state index contributed by atoms with van der Waals surface area (Å²) in [6, 6.07) is 16.2. The molecule has 0 saturated heterocycles. The molecule has 0 aliphatic rings. The molecule has 7 nitrogen and oxygen atoms in total. The van der Waals surface area contributed by atoms with E-state index < -0.39 is 31.3 Å². The van der Waals surface area contributed by atoms with Crippen molar-refractivity contribution in [2.75, 3.05) is 0 Å². The van der Waals surface area contributed by atoms with Gasteiger partial charge in [-0.15, -0.1) is 0 Å². The van der Waals surface area contributed by atoms with E-state index in [-0.39, 0.29) is 16.2 Å². The van der Waals surface area contributed by atoms with Gasteiger partial charge < -0.3 is 4.74 Å². The molecule has 0 aliphatic carbocycles. The molecule has 28 heavy (non-hydrogen) atoms. The summed E-state index contributed by atoms with van der Waals surface area (Å²) in [5.41, 5.74) is -0.820. The first-order valence-electron chi connectivity index (χ1n) is 7.86. The van der Waals surface area contributed by atoms with Crippen molar-refractivity contribution in [2.45, 2.75) is 9.79 Å². The average molecular weight is 418 g/mol. The van der Waals surface area contributed by atoms with Crippen LogP contribution in [0.5, 0.6) is 5.75 Å². The molecule has 3 rings (SSSR count). The molecule has 9 heteroatoms. The van der Waals surface area contributed by atoms with Crippen LogP contribution in [0.3, 0.4) is 0 Å². The highest BCUT2D eigenvalue weighted by atomic mass is 35.5. The molecule has 142 valence electrons. The van der Waals surface area contributed by atoms with Crippen LogP contribution in [0.25, 0.3) is 0 Å². The van der Waals surface area contributed by atoms with Gasteiger partial charge in [0.1, 0.15) is 10.6 Å². The van der Waals surface area contributed by atoms with E-state index in [0.29, 0.717) is 5.02 Å². The number of carbonyl (C=O) groups excluding carboxylic acids is 1. The lowest BCUT2D eigenvalue weighted by atomic mass is 10.2. The molecule has 3 aromatic carbocycles. The van der Waals surface area contributed by atoms with E-state index in [0.717, 1.165) is 12.1 Å². The average Bonchev–Trinajstić information content (AvgIpc) is 2.69. The fraction of sp³-hybridized carbons (Fsp3) is 0. The van der Waals surface area contributed by atoms with Crippen LogP contribution in [0.1, 0.15) is 10.4 Å². The summed E-state index contributed by atoms with van der Waals surface area (Å²) in [7, 11) is -4.35. The molecule has 0 aromatic heterocycles.